The molecule has 180 valence electrons. The van der Waals surface area contributed by atoms with Crippen LogP contribution in [0.15, 0.2) is 29.3 Å². The lowest BCUT2D eigenvalue weighted by Gasteiger charge is -2.39. The van der Waals surface area contributed by atoms with Crippen LogP contribution in [0.4, 0.5) is 0 Å². The van der Waals surface area contributed by atoms with Gasteiger partial charge in [-0.05, 0) is 45.4 Å². The van der Waals surface area contributed by atoms with Crippen molar-refractivity contribution in [2.45, 2.75) is 46.7 Å². The zero-order chi connectivity index (χ0) is 22.2. The number of rotatable bonds is 9. The number of para-hydroxylation sites is 2. The van der Waals surface area contributed by atoms with Gasteiger partial charge in [-0.2, -0.15) is 0 Å². The molecule has 1 aromatic carbocycles. The van der Waals surface area contributed by atoms with Crippen molar-refractivity contribution in [2.24, 2.45) is 10.9 Å². The number of hydrogen-bond donors (Lipinski definition) is 2. The summed E-state index contributed by atoms with van der Waals surface area (Å²) in [5.41, 5.74) is 2.29. The molecule has 2 heterocycles. The van der Waals surface area contributed by atoms with Crippen LogP contribution in [-0.4, -0.2) is 84.2 Å². The molecule has 1 aliphatic heterocycles. The number of hydrogen-bond acceptors (Lipinski definition) is 4. The van der Waals surface area contributed by atoms with E-state index >= 15 is 0 Å². The predicted molar refractivity (Wildman–Crippen MR) is 146 cm³/mol. The summed E-state index contributed by atoms with van der Waals surface area (Å²) in [5.74, 6) is 2.59. The van der Waals surface area contributed by atoms with Gasteiger partial charge in [0.15, 0.2) is 5.96 Å². The molecule has 1 fully saturated rings. The lowest BCUT2D eigenvalue weighted by Crippen LogP contribution is -2.52. The van der Waals surface area contributed by atoms with Crippen molar-refractivity contribution in [3.8, 4) is 0 Å². The Bertz CT molecular complexity index is 840. The zero-order valence-corrected chi connectivity index (χ0v) is 22.8. The molecule has 8 heteroatoms. The van der Waals surface area contributed by atoms with E-state index in [0.717, 1.165) is 76.1 Å². The molecule has 0 bridgehead atoms. The van der Waals surface area contributed by atoms with Crippen LogP contribution >= 0.6 is 24.0 Å². The molecule has 1 atom stereocenters. The average molecular weight is 556 g/mol. The minimum Gasteiger partial charge on any atom is -0.357 e. The molecule has 1 unspecified atom stereocenters. The Balaban J connectivity index is 0.00000363. The lowest BCUT2D eigenvalue weighted by molar-refractivity contribution is 0.0925. The van der Waals surface area contributed by atoms with E-state index in [1.54, 1.807) is 0 Å². The Morgan fingerprint density at radius 1 is 1.12 bits per heavy atom. The first kappa shape index (κ1) is 26.9. The fourth-order valence-electron chi connectivity index (χ4n) is 4.35. The van der Waals surface area contributed by atoms with Gasteiger partial charge in [-0.1, -0.05) is 26.0 Å². The number of nitrogens with one attached hydrogen (secondary N) is 2. The number of imidazole rings is 1. The lowest BCUT2D eigenvalue weighted by atomic mass is 10.0. The van der Waals surface area contributed by atoms with Gasteiger partial charge in [0.1, 0.15) is 5.82 Å². The predicted octanol–water partition coefficient (Wildman–Crippen LogP) is 3.18. The Hall–Kier alpha value is -1.39. The molecule has 2 N–H and O–H groups in total. The standard InChI is InChI=1S/C24H41N7.HI/c1-6-25-24(27-18-23(19(2)3)30-16-14-29(5)15-17-30)26-12-9-13-31-20(4)28-21-10-7-8-11-22(21)31;/h7-8,10-11,19,23H,6,9,12-18H2,1-5H3,(H2,25,26,27);1H. The van der Waals surface area contributed by atoms with Crippen molar-refractivity contribution >= 4 is 41.0 Å². The smallest absolute Gasteiger partial charge is 0.191 e. The van der Waals surface area contributed by atoms with Crippen LogP contribution in [0.2, 0.25) is 0 Å². The van der Waals surface area contributed by atoms with Gasteiger partial charge < -0.3 is 20.1 Å². The third kappa shape index (κ3) is 7.31. The number of likely N-dealkylation sites (N-methyl/N-ethyl adjacent to an activating group) is 1. The maximum Gasteiger partial charge on any atom is 0.191 e. The van der Waals surface area contributed by atoms with E-state index < -0.39 is 0 Å². The third-order valence-electron chi connectivity index (χ3n) is 6.25. The number of nitrogens with zero attached hydrogens (tertiary/aromatic N) is 5. The Kier molecular flexibility index (Phi) is 11.2. The zero-order valence-electron chi connectivity index (χ0n) is 20.5. The normalized spacial score (nSPS) is 16.9. The van der Waals surface area contributed by atoms with E-state index in [2.05, 4.69) is 82.9 Å². The molecule has 2 aromatic rings. The monoisotopic (exact) mass is 555 g/mol. The van der Waals surface area contributed by atoms with E-state index in [9.17, 15) is 0 Å². The van der Waals surface area contributed by atoms with Crippen LogP contribution in [0.5, 0.6) is 0 Å². The average Bonchev–Trinajstić information content (AvgIpc) is 3.07. The van der Waals surface area contributed by atoms with Gasteiger partial charge in [-0.3, -0.25) is 9.89 Å². The van der Waals surface area contributed by atoms with Crippen LogP contribution < -0.4 is 10.6 Å². The largest absolute Gasteiger partial charge is 0.357 e. The molecular formula is C24H42IN7. The van der Waals surface area contributed by atoms with Gasteiger partial charge in [0.2, 0.25) is 0 Å². The van der Waals surface area contributed by atoms with Gasteiger partial charge in [0, 0.05) is 51.9 Å². The van der Waals surface area contributed by atoms with Gasteiger partial charge in [0.25, 0.3) is 0 Å². The molecule has 3 rings (SSSR count). The summed E-state index contributed by atoms with van der Waals surface area (Å²) in [6.07, 6.45) is 1.03. The number of guanidine groups is 1. The minimum absolute atomic E-state index is 0. The molecule has 0 saturated carbocycles. The number of halogens is 1. The number of fused-ring (bicyclic) bond motifs is 1. The molecule has 1 saturated heterocycles. The maximum absolute atomic E-state index is 4.95. The molecule has 1 aliphatic rings. The van der Waals surface area contributed by atoms with Crippen molar-refractivity contribution in [1.29, 1.82) is 0 Å². The van der Waals surface area contributed by atoms with Crippen molar-refractivity contribution in [3.05, 3.63) is 30.1 Å². The second-order valence-electron chi connectivity index (χ2n) is 8.95. The van der Waals surface area contributed by atoms with Gasteiger partial charge in [-0.15, -0.1) is 24.0 Å². The highest BCUT2D eigenvalue weighted by molar-refractivity contribution is 14.0. The van der Waals surface area contributed by atoms with E-state index in [1.165, 1.54) is 5.52 Å². The van der Waals surface area contributed by atoms with E-state index in [4.69, 9.17) is 4.99 Å². The fourth-order valence-corrected chi connectivity index (χ4v) is 4.35. The van der Waals surface area contributed by atoms with E-state index in [-0.39, 0.29) is 24.0 Å². The van der Waals surface area contributed by atoms with Crippen molar-refractivity contribution in [1.82, 2.24) is 30.0 Å². The van der Waals surface area contributed by atoms with Crippen molar-refractivity contribution < 1.29 is 0 Å². The molecule has 1 aromatic heterocycles. The van der Waals surface area contributed by atoms with Crippen molar-refractivity contribution in [3.63, 3.8) is 0 Å². The first-order valence-corrected chi connectivity index (χ1v) is 11.9. The summed E-state index contributed by atoms with van der Waals surface area (Å²) in [7, 11) is 2.21. The second kappa shape index (κ2) is 13.3. The number of aliphatic imine (C=N–C) groups is 1. The molecule has 7 nitrogen and oxygen atoms in total. The maximum atomic E-state index is 4.95. The first-order valence-electron chi connectivity index (χ1n) is 11.9. The number of aryl methyl sites for hydroxylation is 2. The molecule has 0 aliphatic carbocycles. The van der Waals surface area contributed by atoms with Gasteiger partial charge in [-0.25, -0.2) is 4.98 Å². The van der Waals surface area contributed by atoms with E-state index in [0.29, 0.717) is 12.0 Å². The second-order valence-corrected chi connectivity index (χ2v) is 8.95. The highest BCUT2D eigenvalue weighted by Crippen LogP contribution is 2.16. The SMILES string of the molecule is CCNC(=NCC(C(C)C)N1CCN(C)CC1)NCCCn1c(C)nc2ccccc21.I. The first-order chi connectivity index (χ1) is 15.0. The Morgan fingerprint density at radius 3 is 2.53 bits per heavy atom. The number of piperazine rings is 1. The summed E-state index contributed by atoms with van der Waals surface area (Å²) >= 11 is 0. The summed E-state index contributed by atoms with van der Waals surface area (Å²) in [4.78, 5) is 14.6. The molecule has 0 spiro atoms. The summed E-state index contributed by atoms with van der Waals surface area (Å²) < 4.78 is 2.31. The third-order valence-corrected chi connectivity index (χ3v) is 6.25. The molecule has 32 heavy (non-hydrogen) atoms. The van der Waals surface area contributed by atoms with Gasteiger partial charge in [0.05, 0.1) is 17.6 Å². The van der Waals surface area contributed by atoms with Crippen molar-refractivity contribution in [2.75, 3.05) is 52.9 Å². The molecular weight excluding hydrogens is 513 g/mol. The number of benzene rings is 1. The summed E-state index contributed by atoms with van der Waals surface area (Å²) in [6.45, 7) is 17.0. The van der Waals surface area contributed by atoms with Crippen LogP contribution in [0, 0.1) is 12.8 Å². The van der Waals surface area contributed by atoms with Crippen LogP contribution in [0.1, 0.15) is 33.0 Å². The highest BCUT2D eigenvalue weighted by atomic mass is 127. The summed E-state index contributed by atoms with van der Waals surface area (Å²) in [5, 5.41) is 6.95. The quantitative estimate of drug-likeness (QED) is 0.216. The highest BCUT2D eigenvalue weighted by Gasteiger charge is 2.24. The molecule has 0 radical (unpaired) electrons. The summed E-state index contributed by atoms with van der Waals surface area (Å²) in [6, 6.07) is 8.85. The fraction of sp³-hybridized carbons (Fsp3) is 0.667. The van der Waals surface area contributed by atoms with E-state index in [1.807, 2.05) is 6.07 Å². The van der Waals surface area contributed by atoms with Gasteiger partial charge >= 0.3 is 0 Å². The molecule has 0 amide bonds. The van der Waals surface area contributed by atoms with Crippen LogP contribution in [-0.2, 0) is 6.54 Å². The Morgan fingerprint density at radius 2 is 1.84 bits per heavy atom. The Labute approximate surface area is 211 Å². The number of aromatic nitrogens is 2. The topological polar surface area (TPSA) is 60.7 Å². The van der Waals surface area contributed by atoms with Crippen LogP contribution in [0.3, 0.4) is 0 Å². The van der Waals surface area contributed by atoms with Crippen LogP contribution in [0.25, 0.3) is 11.0 Å². The minimum atomic E-state index is 0.